The lowest BCUT2D eigenvalue weighted by atomic mass is 10.1. The van der Waals surface area contributed by atoms with E-state index in [2.05, 4.69) is 10.2 Å². The predicted molar refractivity (Wildman–Crippen MR) is 60.1 cm³/mol. The molecule has 0 aliphatic heterocycles. The highest BCUT2D eigenvalue weighted by Crippen LogP contribution is 2.30. The molecule has 0 saturated heterocycles. The second kappa shape index (κ2) is 4.19. The second-order valence-corrected chi connectivity index (χ2v) is 3.37. The van der Waals surface area contributed by atoms with Gasteiger partial charge in [0.15, 0.2) is 0 Å². The van der Waals surface area contributed by atoms with Crippen LogP contribution in [0.25, 0.3) is 11.1 Å². The standard InChI is InChI=1S/C11H7ClN2O/c12-11-6-9(10(14-15)7-13-11)8-4-2-1-3-5-8/h1-7H. The summed E-state index contributed by atoms with van der Waals surface area (Å²) < 4.78 is 0. The van der Waals surface area contributed by atoms with E-state index in [-0.39, 0.29) is 0 Å². The SMILES string of the molecule is O=Nc1cnc(Cl)cc1-c1ccccc1. The Labute approximate surface area is 91.7 Å². The van der Waals surface area contributed by atoms with Gasteiger partial charge < -0.3 is 0 Å². The van der Waals surface area contributed by atoms with Crippen LogP contribution in [0.15, 0.2) is 47.8 Å². The minimum Gasteiger partial charge on any atom is -0.242 e. The van der Waals surface area contributed by atoms with Gasteiger partial charge in [0.1, 0.15) is 10.8 Å². The Hall–Kier alpha value is -1.74. The summed E-state index contributed by atoms with van der Waals surface area (Å²) >= 11 is 5.77. The van der Waals surface area contributed by atoms with Crippen LogP contribution in [0.5, 0.6) is 0 Å². The lowest BCUT2D eigenvalue weighted by Crippen LogP contribution is -1.81. The molecule has 2 aromatic rings. The lowest BCUT2D eigenvalue weighted by molar-refractivity contribution is 1.30. The van der Waals surface area contributed by atoms with E-state index in [4.69, 9.17) is 11.6 Å². The maximum Gasteiger partial charge on any atom is 0.134 e. The highest BCUT2D eigenvalue weighted by atomic mass is 35.5. The van der Waals surface area contributed by atoms with Gasteiger partial charge in [-0.2, -0.15) is 0 Å². The van der Waals surface area contributed by atoms with Crippen LogP contribution in [0, 0.1) is 4.91 Å². The molecule has 1 aromatic heterocycles. The van der Waals surface area contributed by atoms with Crippen LogP contribution in [-0.4, -0.2) is 4.98 Å². The Balaban J connectivity index is 2.61. The Morgan fingerprint density at radius 1 is 1.20 bits per heavy atom. The van der Waals surface area contributed by atoms with Gasteiger partial charge in [-0.1, -0.05) is 41.9 Å². The fourth-order valence-corrected chi connectivity index (χ4v) is 1.50. The Morgan fingerprint density at radius 3 is 2.60 bits per heavy atom. The topological polar surface area (TPSA) is 42.3 Å². The van der Waals surface area contributed by atoms with Gasteiger partial charge in [-0.15, -0.1) is 4.91 Å². The number of benzene rings is 1. The van der Waals surface area contributed by atoms with Crippen LogP contribution in [0.3, 0.4) is 0 Å². The van der Waals surface area contributed by atoms with Crippen molar-refractivity contribution in [3.63, 3.8) is 0 Å². The van der Waals surface area contributed by atoms with Crippen molar-refractivity contribution >= 4 is 17.3 Å². The molecule has 0 spiro atoms. The minimum atomic E-state index is 0.297. The monoisotopic (exact) mass is 218 g/mol. The fraction of sp³-hybridized carbons (Fsp3) is 0. The third-order valence-electron chi connectivity index (χ3n) is 2.03. The minimum absolute atomic E-state index is 0.297. The maximum atomic E-state index is 10.6. The van der Waals surface area contributed by atoms with Crippen molar-refractivity contribution in [2.45, 2.75) is 0 Å². The van der Waals surface area contributed by atoms with Crippen LogP contribution in [0.1, 0.15) is 0 Å². The van der Waals surface area contributed by atoms with E-state index in [0.29, 0.717) is 16.4 Å². The predicted octanol–water partition coefficient (Wildman–Crippen LogP) is 3.80. The number of pyridine rings is 1. The number of nitroso groups, excluding NO2 is 1. The summed E-state index contributed by atoms with van der Waals surface area (Å²) in [7, 11) is 0. The van der Waals surface area contributed by atoms with Crippen molar-refractivity contribution < 1.29 is 0 Å². The number of aromatic nitrogens is 1. The molecule has 0 saturated carbocycles. The fourth-order valence-electron chi connectivity index (χ4n) is 1.34. The normalized spacial score (nSPS) is 9.93. The first-order valence-electron chi connectivity index (χ1n) is 4.35. The second-order valence-electron chi connectivity index (χ2n) is 2.98. The number of hydrogen-bond acceptors (Lipinski definition) is 3. The summed E-state index contributed by atoms with van der Waals surface area (Å²) in [5, 5.41) is 3.27. The Morgan fingerprint density at radius 2 is 1.93 bits per heavy atom. The molecule has 15 heavy (non-hydrogen) atoms. The summed E-state index contributed by atoms with van der Waals surface area (Å²) in [6, 6.07) is 11.1. The molecule has 0 radical (unpaired) electrons. The molecule has 1 aromatic carbocycles. The zero-order valence-corrected chi connectivity index (χ0v) is 8.48. The summed E-state index contributed by atoms with van der Waals surface area (Å²) in [5.74, 6) is 0. The van der Waals surface area contributed by atoms with Crippen LogP contribution in [-0.2, 0) is 0 Å². The first-order chi connectivity index (χ1) is 7.31. The molecule has 0 atom stereocenters. The van der Waals surface area contributed by atoms with Gasteiger partial charge in [0, 0.05) is 5.56 Å². The average Bonchev–Trinajstić information content (AvgIpc) is 2.30. The van der Waals surface area contributed by atoms with E-state index in [1.54, 1.807) is 6.07 Å². The highest BCUT2D eigenvalue weighted by Gasteiger charge is 2.06. The van der Waals surface area contributed by atoms with Gasteiger partial charge in [-0.25, -0.2) is 4.98 Å². The number of halogens is 1. The number of rotatable bonds is 2. The Bertz CT molecular complexity index is 485. The van der Waals surface area contributed by atoms with Gasteiger partial charge in [0.05, 0.1) is 6.20 Å². The molecule has 0 fully saturated rings. The molecule has 4 heteroatoms. The smallest absolute Gasteiger partial charge is 0.134 e. The number of nitrogens with zero attached hydrogens (tertiary/aromatic N) is 2. The average molecular weight is 219 g/mol. The molecule has 1 heterocycles. The largest absolute Gasteiger partial charge is 0.242 e. The zero-order chi connectivity index (χ0) is 10.7. The molecular weight excluding hydrogens is 212 g/mol. The summed E-state index contributed by atoms with van der Waals surface area (Å²) in [6.45, 7) is 0. The molecule has 0 bridgehead atoms. The van der Waals surface area contributed by atoms with Gasteiger partial charge in [0.2, 0.25) is 0 Å². The molecule has 0 N–H and O–H groups in total. The highest BCUT2D eigenvalue weighted by molar-refractivity contribution is 6.29. The lowest BCUT2D eigenvalue weighted by Gasteiger charge is -2.03. The molecule has 0 aliphatic rings. The molecule has 74 valence electrons. The van der Waals surface area contributed by atoms with Crippen molar-refractivity contribution in [1.29, 1.82) is 0 Å². The molecule has 0 unspecified atom stereocenters. The van der Waals surface area contributed by atoms with Gasteiger partial charge in [0.25, 0.3) is 0 Å². The van der Waals surface area contributed by atoms with E-state index >= 15 is 0 Å². The van der Waals surface area contributed by atoms with E-state index < -0.39 is 0 Å². The van der Waals surface area contributed by atoms with Crippen molar-refractivity contribution in [3.8, 4) is 11.1 Å². The third kappa shape index (κ3) is 2.02. The van der Waals surface area contributed by atoms with Gasteiger partial charge in [-0.05, 0) is 16.8 Å². The zero-order valence-electron chi connectivity index (χ0n) is 7.72. The first-order valence-corrected chi connectivity index (χ1v) is 4.73. The Kier molecular flexibility index (Phi) is 2.74. The van der Waals surface area contributed by atoms with E-state index in [0.717, 1.165) is 5.56 Å². The van der Waals surface area contributed by atoms with E-state index in [1.165, 1.54) is 6.20 Å². The summed E-state index contributed by atoms with van der Waals surface area (Å²) in [5.41, 5.74) is 1.90. The maximum absolute atomic E-state index is 10.6. The van der Waals surface area contributed by atoms with Crippen molar-refractivity contribution in [1.82, 2.24) is 4.98 Å². The van der Waals surface area contributed by atoms with Crippen molar-refractivity contribution in [2.24, 2.45) is 5.18 Å². The van der Waals surface area contributed by atoms with Crippen LogP contribution >= 0.6 is 11.6 Å². The quantitative estimate of drug-likeness (QED) is 0.568. The van der Waals surface area contributed by atoms with E-state index in [1.807, 2.05) is 30.3 Å². The van der Waals surface area contributed by atoms with Gasteiger partial charge in [-0.3, -0.25) is 0 Å². The summed E-state index contributed by atoms with van der Waals surface area (Å²) in [6.07, 6.45) is 1.37. The van der Waals surface area contributed by atoms with E-state index in [9.17, 15) is 4.91 Å². The van der Waals surface area contributed by atoms with Gasteiger partial charge >= 0.3 is 0 Å². The molecular formula is C11H7ClN2O. The van der Waals surface area contributed by atoms with Crippen molar-refractivity contribution in [2.75, 3.05) is 0 Å². The molecule has 2 rings (SSSR count). The summed E-state index contributed by atoms with van der Waals surface area (Å²) in [4.78, 5) is 14.4. The number of hydrogen-bond donors (Lipinski definition) is 0. The van der Waals surface area contributed by atoms with Crippen LogP contribution < -0.4 is 0 Å². The first kappa shape index (κ1) is 9.80. The van der Waals surface area contributed by atoms with Crippen LogP contribution in [0.4, 0.5) is 5.69 Å². The van der Waals surface area contributed by atoms with Crippen LogP contribution in [0.2, 0.25) is 5.15 Å². The molecule has 3 nitrogen and oxygen atoms in total. The molecule has 0 amide bonds. The van der Waals surface area contributed by atoms with Crippen molar-refractivity contribution in [3.05, 3.63) is 52.7 Å². The third-order valence-corrected chi connectivity index (χ3v) is 2.24. The molecule has 0 aliphatic carbocycles.